The van der Waals surface area contributed by atoms with Crippen LogP contribution in [-0.2, 0) is 12.8 Å². The molecule has 0 radical (unpaired) electrons. The Hall–Kier alpha value is -1.34. The van der Waals surface area contributed by atoms with E-state index in [9.17, 15) is 4.39 Å². The Balaban J connectivity index is 1.18. The minimum Gasteiger partial charge on any atom is -0.205 e. The Labute approximate surface area is 200 Å². The van der Waals surface area contributed by atoms with Crippen LogP contribution in [0.4, 0.5) is 4.39 Å². The van der Waals surface area contributed by atoms with Gasteiger partial charge in [0.05, 0.1) is 5.02 Å². The van der Waals surface area contributed by atoms with Crippen LogP contribution in [0.5, 0.6) is 0 Å². The van der Waals surface area contributed by atoms with Crippen molar-refractivity contribution in [2.75, 3.05) is 0 Å². The number of rotatable bonds is 8. The zero-order valence-electron chi connectivity index (χ0n) is 19.8. The fourth-order valence-electron chi connectivity index (χ4n) is 6.12. The highest BCUT2D eigenvalue weighted by atomic mass is 35.5. The van der Waals surface area contributed by atoms with Crippen molar-refractivity contribution in [1.29, 1.82) is 0 Å². The van der Waals surface area contributed by atoms with Crippen molar-refractivity contribution in [3.8, 4) is 0 Å². The molecule has 0 atom stereocenters. The molecular formula is C30H40ClF. The monoisotopic (exact) mass is 454 g/mol. The molecule has 0 unspecified atom stereocenters. The van der Waals surface area contributed by atoms with Gasteiger partial charge in [-0.05, 0) is 91.0 Å². The Morgan fingerprint density at radius 3 is 1.84 bits per heavy atom. The summed E-state index contributed by atoms with van der Waals surface area (Å²) in [7, 11) is 0. The summed E-state index contributed by atoms with van der Waals surface area (Å²) < 4.78 is 13.6. The van der Waals surface area contributed by atoms with Crippen molar-refractivity contribution < 1.29 is 4.39 Å². The van der Waals surface area contributed by atoms with Gasteiger partial charge in [-0.2, -0.15) is 0 Å². The number of halogens is 2. The van der Waals surface area contributed by atoms with Gasteiger partial charge in [0.15, 0.2) is 0 Å². The van der Waals surface area contributed by atoms with Gasteiger partial charge in [0.2, 0.25) is 0 Å². The van der Waals surface area contributed by atoms with Gasteiger partial charge >= 0.3 is 0 Å². The highest BCUT2D eigenvalue weighted by Gasteiger charge is 2.25. The van der Waals surface area contributed by atoms with Crippen LogP contribution in [-0.4, -0.2) is 0 Å². The van der Waals surface area contributed by atoms with E-state index in [0.717, 1.165) is 42.1 Å². The lowest BCUT2D eigenvalue weighted by molar-refractivity contribution is 0.227. The molecule has 2 heteroatoms. The number of hydrogen-bond acceptors (Lipinski definition) is 0. The van der Waals surface area contributed by atoms with Crippen LogP contribution >= 0.6 is 11.6 Å². The molecule has 32 heavy (non-hydrogen) atoms. The Bertz CT molecular complexity index is 826. The standard InChI is InChI=1S/C30H40ClF/c1-2-22-3-5-23(6-4-22)7-8-24-11-16-27(17-12-24)28-18-13-25(14-19-28)9-10-26-15-20-29(31)30(32)21-26/h13-15,18-24,27H,2-12,16-17H2,1H3/t22-,23-,24-,27-. The molecule has 2 saturated carbocycles. The third-order valence-corrected chi connectivity index (χ3v) is 8.82. The average molecular weight is 455 g/mol. The van der Waals surface area contributed by atoms with E-state index < -0.39 is 0 Å². The molecule has 2 aliphatic rings. The first-order chi connectivity index (χ1) is 15.6. The summed E-state index contributed by atoms with van der Waals surface area (Å²) in [6, 6.07) is 14.4. The Morgan fingerprint density at radius 2 is 1.25 bits per heavy atom. The quantitative estimate of drug-likeness (QED) is 0.372. The minimum absolute atomic E-state index is 0.201. The van der Waals surface area contributed by atoms with Gasteiger partial charge in [0.25, 0.3) is 0 Å². The van der Waals surface area contributed by atoms with Gasteiger partial charge in [-0.15, -0.1) is 0 Å². The van der Waals surface area contributed by atoms with E-state index in [1.54, 1.807) is 12.1 Å². The molecule has 2 aromatic rings. The topological polar surface area (TPSA) is 0 Å². The molecule has 0 saturated heterocycles. The average Bonchev–Trinajstić information content (AvgIpc) is 2.84. The van der Waals surface area contributed by atoms with Crippen LogP contribution in [0.25, 0.3) is 0 Å². The summed E-state index contributed by atoms with van der Waals surface area (Å²) in [5, 5.41) is 0.201. The fraction of sp³-hybridized carbons (Fsp3) is 0.600. The van der Waals surface area contributed by atoms with Gasteiger partial charge in [-0.3, -0.25) is 0 Å². The lowest BCUT2D eigenvalue weighted by atomic mass is 9.74. The van der Waals surface area contributed by atoms with Crippen molar-refractivity contribution in [2.45, 2.75) is 96.3 Å². The molecule has 2 aliphatic carbocycles. The van der Waals surface area contributed by atoms with Crippen LogP contribution in [0.15, 0.2) is 42.5 Å². The predicted molar refractivity (Wildman–Crippen MR) is 135 cm³/mol. The minimum atomic E-state index is -0.320. The predicted octanol–water partition coefficient (Wildman–Crippen LogP) is 9.53. The van der Waals surface area contributed by atoms with E-state index in [0.29, 0.717) is 0 Å². The van der Waals surface area contributed by atoms with Gasteiger partial charge in [0.1, 0.15) is 5.82 Å². The van der Waals surface area contributed by atoms with E-state index in [4.69, 9.17) is 11.6 Å². The maximum absolute atomic E-state index is 13.6. The summed E-state index contributed by atoms with van der Waals surface area (Å²) in [6.07, 6.45) is 17.6. The molecule has 0 bridgehead atoms. The van der Waals surface area contributed by atoms with Crippen molar-refractivity contribution in [1.82, 2.24) is 0 Å². The third-order valence-electron chi connectivity index (χ3n) is 8.51. The van der Waals surface area contributed by atoms with E-state index in [1.165, 1.54) is 81.8 Å². The van der Waals surface area contributed by atoms with Crippen molar-refractivity contribution in [3.63, 3.8) is 0 Å². The van der Waals surface area contributed by atoms with Crippen molar-refractivity contribution in [3.05, 3.63) is 70.0 Å². The maximum atomic E-state index is 13.6. The molecule has 0 spiro atoms. The highest BCUT2D eigenvalue weighted by Crippen LogP contribution is 2.40. The van der Waals surface area contributed by atoms with Crippen LogP contribution in [0.2, 0.25) is 5.02 Å². The molecule has 0 nitrogen and oxygen atoms in total. The third kappa shape index (κ3) is 6.60. The van der Waals surface area contributed by atoms with Crippen LogP contribution in [0.1, 0.15) is 100 Å². The Morgan fingerprint density at radius 1 is 0.719 bits per heavy atom. The second kappa shape index (κ2) is 11.7. The van der Waals surface area contributed by atoms with E-state index in [2.05, 4.69) is 31.2 Å². The normalized spacial score (nSPS) is 26.2. The number of hydrogen-bond donors (Lipinski definition) is 0. The van der Waals surface area contributed by atoms with Gasteiger partial charge < -0.3 is 0 Å². The number of aryl methyl sites for hydroxylation is 2. The molecule has 0 aliphatic heterocycles. The molecule has 0 amide bonds. The zero-order valence-corrected chi connectivity index (χ0v) is 20.6. The highest BCUT2D eigenvalue weighted by molar-refractivity contribution is 6.30. The van der Waals surface area contributed by atoms with Gasteiger partial charge in [0, 0.05) is 0 Å². The fourth-order valence-corrected chi connectivity index (χ4v) is 6.24. The zero-order chi connectivity index (χ0) is 22.3. The summed E-state index contributed by atoms with van der Waals surface area (Å²) in [6.45, 7) is 2.36. The lowest BCUT2D eigenvalue weighted by Gasteiger charge is -2.32. The molecule has 4 rings (SSSR count). The summed E-state index contributed by atoms with van der Waals surface area (Å²) in [4.78, 5) is 0. The van der Waals surface area contributed by atoms with E-state index in [-0.39, 0.29) is 10.8 Å². The molecule has 2 fully saturated rings. The summed E-state index contributed by atoms with van der Waals surface area (Å²) in [5.74, 6) is 3.43. The molecule has 0 N–H and O–H groups in total. The first kappa shape index (κ1) is 23.8. The lowest BCUT2D eigenvalue weighted by Crippen LogP contribution is -2.17. The smallest absolute Gasteiger partial charge is 0.142 e. The summed E-state index contributed by atoms with van der Waals surface area (Å²) in [5.41, 5.74) is 3.85. The van der Waals surface area contributed by atoms with Gasteiger partial charge in [-0.1, -0.05) is 93.8 Å². The van der Waals surface area contributed by atoms with Crippen molar-refractivity contribution >= 4 is 11.6 Å². The first-order valence-electron chi connectivity index (χ1n) is 13.1. The van der Waals surface area contributed by atoms with Crippen LogP contribution in [0, 0.1) is 23.6 Å². The first-order valence-corrected chi connectivity index (χ1v) is 13.5. The van der Waals surface area contributed by atoms with Crippen molar-refractivity contribution in [2.24, 2.45) is 17.8 Å². The number of benzene rings is 2. The molecule has 0 heterocycles. The maximum Gasteiger partial charge on any atom is 0.142 e. The van der Waals surface area contributed by atoms with E-state index in [1.807, 2.05) is 6.07 Å². The molecular weight excluding hydrogens is 415 g/mol. The molecule has 2 aromatic carbocycles. The molecule has 0 aromatic heterocycles. The largest absolute Gasteiger partial charge is 0.205 e. The second-order valence-electron chi connectivity index (χ2n) is 10.6. The SMILES string of the molecule is CC[C@H]1CC[C@H](CC[C@H]2CC[C@H](c3ccc(CCc4ccc(Cl)c(F)c4)cc3)CC2)CC1. The van der Waals surface area contributed by atoms with Crippen LogP contribution in [0.3, 0.4) is 0 Å². The Kier molecular flexibility index (Phi) is 8.69. The molecule has 174 valence electrons. The van der Waals surface area contributed by atoms with Crippen LogP contribution < -0.4 is 0 Å². The van der Waals surface area contributed by atoms with E-state index >= 15 is 0 Å². The summed E-state index contributed by atoms with van der Waals surface area (Å²) >= 11 is 5.79. The second-order valence-corrected chi connectivity index (χ2v) is 11.0. The van der Waals surface area contributed by atoms with Gasteiger partial charge in [-0.25, -0.2) is 4.39 Å².